The SMILES string of the molecule is CC1=CCC[C@@H]2[C@@]1(C(=O)O)CC[C@H](C)[C@@]2(C)CCC1=CCOC1. The van der Waals surface area contributed by atoms with Crippen LogP contribution in [-0.4, -0.2) is 24.3 Å². The van der Waals surface area contributed by atoms with Crippen molar-refractivity contribution in [3.8, 4) is 0 Å². The average molecular weight is 318 g/mol. The first-order valence-corrected chi connectivity index (χ1v) is 9.07. The molecule has 2 aliphatic carbocycles. The van der Waals surface area contributed by atoms with E-state index in [0.717, 1.165) is 57.3 Å². The molecule has 3 aliphatic rings. The predicted octanol–water partition coefficient (Wildman–Crippen LogP) is 4.59. The summed E-state index contributed by atoms with van der Waals surface area (Å²) < 4.78 is 5.44. The van der Waals surface area contributed by atoms with Gasteiger partial charge in [0.05, 0.1) is 18.6 Å². The minimum absolute atomic E-state index is 0.0928. The number of allylic oxidation sites excluding steroid dienone is 1. The van der Waals surface area contributed by atoms with E-state index in [9.17, 15) is 9.90 Å². The van der Waals surface area contributed by atoms with Crippen molar-refractivity contribution in [2.24, 2.45) is 22.7 Å². The number of carboxylic acids is 1. The Balaban J connectivity index is 1.91. The Kier molecular flexibility index (Phi) is 4.43. The molecule has 0 aromatic carbocycles. The second-order valence-corrected chi connectivity index (χ2v) is 8.12. The molecule has 3 nitrogen and oxygen atoms in total. The molecule has 1 heterocycles. The Morgan fingerprint density at radius 3 is 2.83 bits per heavy atom. The molecule has 128 valence electrons. The summed E-state index contributed by atoms with van der Waals surface area (Å²) in [6.45, 7) is 8.24. The zero-order valence-corrected chi connectivity index (χ0v) is 14.7. The number of fused-ring (bicyclic) bond motifs is 1. The van der Waals surface area contributed by atoms with Crippen LogP contribution in [0.2, 0.25) is 0 Å². The van der Waals surface area contributed by atoms with E-state index in [1.54, 1.807) is 0 Å². The molecule has 3 rings (SSSR count). The second kappa shape index (κ2) is 6.08. The van der Waals surface area contributed by atoms with Crippen LogP contribution in [0.1, 0.15) is 59.3 Å². The van der Waals surface area contributed by atoms with E-state index in [4.69, 9.17) is 4.74 Å². The highest BCUT2D eigenvalue weighted by Crippen LogP contribution is 2.62. The maximum atomic E-state index is 12.3. The Bertz CT molecular complexity index is 547. The minimum atomic E-state index is -0.625. The monoisotopic (exact) mass is 318 g/mol. The normalized spacial score (nSPS) is 40.3. The highest BCUT2D eigenvalue weighted by atomic mass is 16.5. The molecule has 0 saturated heterocycles. The van der Waals surface area contributed by atoms with Crippen LogP contribution in [-0.2, 0) is 9.53 Å². The van der Waals surface area contributed by atoms with Gasteiger partial charge in [-0.15, -0.1) is 0 Å². The van der Waals surface area contributed by atoms with Gasteiger partial charge in [-0.1, -0.05) is 31.6 Å². The largest absolute Gasteiger partial charge is 0.481 e. The van der Waals surface area contributed by atoms with Crippen molar-refractivity contribution in [3.05, 3.63) is 23.3 Å². The molecule has 1 saturated carbocycles. The number of aliphatic carboxylic acids is 1. The lowest BCUT2D eigenvalue weighted by molar-refractivity contribution is -0.162. The van der Waals surface area contributed by atoms with Crippen LogP contribution in [0.15, 0.2) is 23.3 Å². The Labute approximate surface area is 139 Å². The fourth-order valence-electron chi connectivity index (χ4n) is 5.43. The van der Waals surface area contributed by atoms with Crippen molar-refractivity contribution >= 4 is 5.97 Å². The molecule has 1 aliphatic heterocycles. The summed E-state index contributed by atoms with van der Waals surface area (Å²) in [6, 6.07) is 0. The van der Waals surface area contributed by atoms with Crippen LogP contribution < -0.4 is 0 Å². The van der Waals surface area contributed by atoms with Gasteiger partial charge in [-0.2, -0.15) is 0 Å². The van der Waals surface area contributed by atoms with Crippen molar-refractivity contribution < 1.29 is 14.6 Å². The molecule has 1 fully saturated rings. The van der Waals surface area contributed by atoms with Crippen molar-refractivity contribution in [2.45, 2.75) is 59.3 Å². The van der Waals surface area contributed by atoms with E-state index in [-0.39, 0.29) is 11.3 Å². The fourth-order valence-corrected chi connectivity index (χ4v) is 5.43. The quantitative estimate of drug-likeness (QED) is 0.771. The van der Waals surface area contributed by atoms with Crippen LogP contribution in [0.4, 0.5) is 0 Å². The highest BCUT2D eigenvalue weighted by molar-refractivity contribution is 5.79. The van der Waals surface area contributed by atoms with Gasteiger partial charge in [0, 0.05) is 0 Å². The molecule has 23 heavy (non-hydrogen) atoms. The third kappa shape index (κ3) is 2.57. The number of hydrogen-bond acceptors (Lipinski definition) is 2. The minimum Gasteiger partial charge on any atom is -0.481 e. The Hall–Kier alpha value is -1.09. The molecule has 0 aromatic rings. The van der Waals surface area contributed by atoms with E-state index in [0.29, 0.717) is 5.92 Å². The zero-order valence-electron chi connectivity index (χ0n) is 14.7. The van der Waals surface area contributed by atoms with Gasteiger partial charge in [-0.05, 0) is 68.3 Å². The maximum Gasteiger partial charge on any atom is 0.314 e. The molecule has 0 amide bonds. The smallest absolute Gasteiger partial charge is 0.314 e. The number of rotatable bonds is 4. The lowest BCUT2D eigenvalue weighted by Gasteiger charge is -2.57. The van der Waals surface area contributed by atoms with E-state index in [2.05, 4.69) is 26.0 Å². The molecule has 4 atom stereocenters. The zero-order chi connectivity index (χ0) is 16.7. The summed E-state index contributed by atoms with van der Waals surface area (Å²) >= 11 is 0. The van der Waals surface area contributed by atoms with Gasteiger partial charge in [0.2, 0.25) is 0 Å². The topological polar surface area (TPSA) is 46.5 Å². The summed E-state index contributed by atoms with van der Waals surface area (Å²) in [5.41, 5.74) is 1.96. The van der Waals surface area contributed by atoms with Gasteiger partial charge in [0.25, 0.3) is 0 Å². The molecule has 0 aromatic heterocycles. The molecule has 0 radical (unpaired) electrons. The number of carboxylic acid groups (broad SMARTS) is 1. The molecule has 0 unspecified atom stereocenters. The van der Waals surface area contributed by atoms with Crippen molar-refractivity contribution in [1.82, 2.24) is 0 Å². The van der Waals surface area contributed by atoms with Gasteiger partial charge < -0.3 is 9.84 Å². The summed E-state index contributed by atoms with van der Waals surface area (Å²) in [5.74, 6) is 0.232. The van der Waals surface area contributed by atoms with Crippen molar-refractivity contribution in [1.29, 1.82) is 0 Å². The number of carbonyl (C=O) groups is 1. The molecule has 0 spiro atoms. The molecule has 3 heteroatoms. The van der Waals surface area contributed by atoms with E-state index in [1.165, 1.54) is 5.57 Å². The van der Waals surface area contributed by atoms with Gasteiger partial charge in [0.1, 0.15) is 0 Å². The first-order valence-electron chi connectivity index (χ1n) is 9.07. The van der Waals surface area contributed by atoms with E-state index >= 15 is 0 Å². The lowest BCUT2D eigenvalue weighted by atomic mass is 9.46. The first kappa shape index (κ1) is 16.8. The molecular weight excluding hydrogens is 288 g/mol. The molecule has 1 N–H and O–H groups in total. The fraction of sp³-hybridized carbons (Fsp3) is 0.750. The van der Waals surface area contributed by atoms with E-state index < -0.39 is 11.4 Å². The molecule has 0 bridgehead atoms. The van der Waals surface area contributed by atoms with Crippen LogP contribution in [0.25, 0.3) is 0 Å². The Morgan fingerprint density at radius 1 is 1.39 bits per heavy atom. The van der Waals surface area contributed by atoms with Crippen molar-refractivity contribution in [2.75, 3.05) is 13.2 Å². The van der Waals surface area contributed by atoms with Gasteiger partial charge in [-0.3, -0.25) is 4.79 Å². The van der Waals surface area contributed by atoms with E-state index in [1.807, 2.05) is 6.92 Å². The average Bonchev–Trinajstić information content (AvgIpc) is 3.03. The van der Waals surface area contributed by atoms with Gasteiger partial charge in [0.15, 0.2) is 0 Å². The number of hydrogen-bond donors (Lipinski definition) is 1. The number of ether oxygens (including phenoxy) is 1. The first-order chi connectivity index (χ1) is 10.9. The van der Waals surface area contributed by atoms with Crippen molar-refractivity contribution in [3.63, 3.8) is 0 Å². The summed E-state index contributed by atoms with van der Waals surface area (Å²) in [4.78, 5) is 12.3. The van der Waals surface area contributed by atoms with Crippen LogP contribution >= 0.6 is 0 Å². The highest BCUT2D eigenvalue weighted by Gasteiger charge is 2.59. The van der Waals surface area contributed by atoms with Crippen LogP contribution in [0.5, 0.6) is 0 Å². The third-order valence-corrected chi connectivity index (χ3v) is 7.24. The summed E-state index contributed by atoms with van der Waals surface area (Å²) in [7, 11) is 0. The van der Waals surface area contributed by atoms with Crippen LogP contribution in [0.3, 0.4) is 0 Å². The lowest BCUT2D eigenvalue weighted by Crippen LogP contribution is -2.54. The maximum absolute atomic E-state index is 12.3. The third-order valence-electron chi connectivity index (χ3n) is 7.24. The Morgan fingerprint density at radius 2 is 2.17 bits per heavy atom. The predicted molar refractivity (Wildman–Crippen MR) is 91.2 cm³/mol. The second-order valence-electron chi connectivity index (χ2n) is 8.12. The van der Waals surface area contributed by atoms with Gasteiger partial charge >= 0.3 is 5.97 Å². The summed E-state index contributed by atoms with van der Waals surface area (Å²) in [6.07, 6.45) is 10.4. The molecular formula is C20H30O3. The van der Waals surface area contributed by atoms with Gasteiger partial charge in [-0.25, -0.2) is 0 Å². The van der Waals surface area contributed by atoms with Crippen LogP contribution in [0, 0.1) is 22.7 Å². The summed E-state index contributed by atoms with van der Waals surface area (Å²) in [5, 5.41) is 10.1. The standard InChI is InChI=1S/C20H30O3/c1-14-7-11-20(18(21)22)15(2)5-4-6-17(20)19(14,3)10-8-16-9-12-23-13-16/h5,9,14,17H,4,6-8,10-13H2,1-3H3,(H,21,22)/t14-,17-,19+,20+/m0/s1.